The van der Waals surface area contributed by atoms with Crippen LogP contribution in [0.2, 0.25) is 0 Å². The summed E-state index contributed by atoms with van der Waals surface area (Å²) in [4.78, 5) is 4.48. The summed E-state index contributed by atoms with van der Waals surface area (Å²) in [5.74, 6) is 0.923. The third kappa shape index (κ3) is 2.72. The first-order chi connectivity index (χ1) is 10.2. The number of rotatable bonds is 5. The molecule has 0 aliphatic heterocycles. The van der Waals surface area contributed by atoms with E-state index in [-0.39, 0.29) is 6.04 Å². The maximum absolute atomic E-state index is 6.11. The Kier molecular flexibility index (Phi) is 3.80. The molecule has 1 atom stereocenters. The van der Waals surface area contributed by atoms with Crippen LogP contribution in [-0.2, 0) is 7.05 Å². The predicted octanol–water partition coefficient (Wildman–Crippen LogP) is 3.56. The Labute approximate surface area is 124 Å². The van der Waals surface area contributed by atoms with E-state index in [4.69, 9.17) is 4.42 Å². The summed E-state index contributed by atoms with van der Waals surface area (Å²) in [6, 6.07) is 8.34. The van der Waals surface area contributed by atoms with Crippen molar-refractivity contribution in [3.05, 3.63) is 53.8 Å². The van der Waals surface area contributed by atoms with Gasteiger partial charge in [-0.1, -0.05) is 25.1 Å². The number of hydrogen-bond donors (Lipinski definition) is 1. The van der Waals surface area contributed by atoms with Crippen LogP contribution < -0.4 is 5.32 Å². The normalized spacial score (nSPS) is 12.9. The molecule has 21 heavy (non-hydrogen) atoms. The summed E-state index contributed by atoms with van der Waals surface area (Å²) in [5.41, 5.74) is 3.11. The largest absolute Gasteiger partial charge is 0.459 e. The van der Waals surface area contributed by atoms with Gasteiger partial charge in [-0.05, 0) is 31.5 Å². The topological polar surface area (TPSA) is 43.0 Å². The van der Waals surface area contributed by atoms with Gasteiger partial charge in [-0.15, -0.1) is 0 Å². The van der Waals surface area contributed by atoms with Crippen molar-refractivity contribution >= 4 is 11.0 Å². The number of nitrogens with one attached hydrogen (secondary N) is 1. The third-order valence-corrected chi connectivity index (χ3v) is 3.66. The molecule has 1 aromatic carbocycles. The van der Waals surface area contributed by atoms with Crippen LogP contribution in [-0.4, -0.2) is 16.1 Å². The van der Waals surface area contributed by atoms with Crippen LogP contribution in [0.25, 0.3) is 11.0 Å². The van der Waals surface area contributed by atoms with Gasteiger partial charge in [0.25, 0.3) is 0 Å². The van der Waals surface area contributed by atoms with E-state index in [9.17, 15) is 0 Å². The van der Waals surface area contributed by atoms with Crippen molar-refractivity contribution in [3.8, 4) is 0 Å². The zero-order valence-electron chi connectivity index (χ0n) is 12.8. The second-order valence-electron chi connectivity index (χ2n) is 5.49. The molecule has 0 saturated heterocycles. The molecule has 0 spiro atoms. The zero-order valence-corrected chi connectivity index (χ0v) is 12.8. The first kappa shape index (κ1) is 13.9. The van der Waals surface area contributed by atoms with E-state index < -0.39 is 0 Å². The van der Waals surface area contributed by atoms with Gasteiger partial charge in [0.1, 0.15) is 17.4 Å². The highest BCUT2D eigenvalue weighted by molar-refractivity contribution is 5.81. The Bertz CT molecular complexity index is 741. The fourth-order valence-corrected chi connectivity index (χ4v) is 2.59. The fourth-order valence-electron chi connectivity index (χ4n) is 2.59. The number of para-hydroxylation sites is 1. The SMILES string of the molecule is CCCNC(c1cn(C)cn1)c1cc2cccc(C)c2o1. The first-order valence-electron chi connectivity index (χ1n) is 7.39. The Balaban J connectivity index is 2.03. The number of benzene rings is 1. The van der Waals surface area contributed by atoms with E-state index in [1.165, 1.54) is 0 Å². The number of hydrogen-bond acceptors (Lipinski definition) is 3. The second kappa shape index (κ2) is 5.74. The summed E-state index contributed by atoms with van der Waals surface area (Å²) in [7, 11) is 1.98. The molecule has 0 saturated carbocycles. The summed E-state index contributed by atoms with van der Waals surface area (Å²) in [6.07, 6.45) is 4.93. The molecule has 0 aliphatic carbocycles. The Morgan fingerprint density at radius 1 is 1.38 bits per heavy atom. The summed E-state index contributed by atoms with van der Waals surface area (Å²) < 4.78 is 8.07. The Hall–Kier alpha value is -2.07. The number of nitrogens with zero attached hydrogens (tertiary/aromatic N) is 2. The molecular formula is C17H21N3O. The van der Waals surface area contributed by atoms with E-state index in [0.717, 1.165) is 41.0 Å². The van der Waals surface area contributed by atoms with E-state index in [2.05, 4.69) is 48.4 Å². The minimum atomic E-state index is -0.00190. The van der Waals surface area contributed by atoms with Gasteiger partial charge >= 0.3 is 0 Å². The molecule has 4 nitrogen and oxygen atoms in total. The van der Waals surface area contributed by atoms with Crippen LogP contribution in [0.1, 0.15) is 36.4 Å². The highest BCUT2D eigenvalue weighted by Gasteiger charge is 2.20. The summed E-state index contributed by atoms with van der Waals surface area (Å²) in [6.45, 7) is 5.16. The minimum Gasteiger partial charge on any atom is -0.459 e. The fraction of sp³-hybridized carbons (Fsp3) is 0.353. The predicted molar refractivity (Wildman–Crippen MR) is 84.3 cm³/mol. The highest BCUT2D eigenvalue weighted by Crippen LogP contribution is 2.29. The standard InChI is InChI=1S/C17H21N3O/c1-4-8-18-16(14-10-20(3)11-19-14)15-9-13-7-5-6-12(2)17(13)21-15/h5-7,9-11,16,18H,4,8H2,1-3H3. The van der Waals surface area contributed by atoms with Crippen LogP contribution >= 0.6 is 0 Å². The minimum absolute atomic E-state index is 0.00190. The molecule has 4 heteroatoms. The van der Waals surface area contributed by atoms with Crippen LogP contribution in [0, 0.1) is 6.92 Å². The lowest BCUT2D eigenvalue weighted by molar-refractivity contribution is 0.463. The van der Waals surface area contributed by atoms with Crippen molar-refractivity contribution < 1.29 is 4.42 Å². The molecular weight excluding hydrogens is 262 g/mol. The molecule has 0 radical (unpaired) electrons. The van der Waals surface area contributed by atoms with Gasteiger partial charge in [0.2, 0.25) is 0 Å². The number of fused-ring (bicyclic) bond motifs is 1. The first-order valence-corrected chi connectivity index (χ1v) is 7.39. The molecule has 110 valence electrons. The molecule has 0 aliphatic rings. The van der Waals surface area contributed by atoms with Gasteiger partial charge in [-0.2, -0.15) is 0 Å². The van der Waals surface area contributed by atoms with Gasteiger partial charge in [-0.3, -0.25) is 0 Å². The van der Waals surface area contributed by atoms with Gasteiger partial charge in [0, 0.05) is 18.6 Å². The van der Waals surface area contributed by atoms with E-state index in [0.29, 0.717) is 0 Å². The molecule has 1 N–H and O–H groups in total. The average Bonchev–Trinajstić information content (AvgIpc) is 3.07. The quantitative estimate of drug-likeness (QED) is 0.778. The molecule has 0 bridgehead atoms. The van der Waals surface area contributed by atoms with Crippen molar-refractivity contribution in [2.75, 3.05) is 6.54 Å². The lowest BCUT2D eigenvalue weighted by atomic mass is 10.1. The molecule has 0 fully saturated rings. The van der Waals surface area contributed by atoms with E-state index >= 15 is 0 Å². The van der Waals surface area contributed by atoms with Crippen molar-refractivity contribution in [1.82, 2.24) is 14.9 Å². The van der Waals surface area contributed by atoms with Crippen LogP contribution in [0.15, 0.2) is 41.2 Å². The lowest BCUT2D eigenvalue weighted by Gasteiger charge is -2.13. The van der Waals surface area contributed by atoms with Crippen molar-refractivity contribution in [3.63, 3.8) is 0 Å². The van der Waals surface area contributed by atoms with E-state index in [1.807, 2.05) is 24.1 Å². The third-order valence-electron chi connectivity index (χ3n) is 3.66. The van der Waals surface area contributed by atoms with E-state index in [1.54, 1.807) is 0 Å². The maximum Gasteiger partial charge on any atom is 0.137 e. The van der Waals surface area contributed by atoms with Crippen LogP contribution in [0.4, 0.5) is 0 Å². The van der Waals surface area contributed by atoms with Gasteiger partial charge in [0.05, 0.1) is 12.0 Å². The average molecular weight is 283 g/mol. The summed E-state index contributed by atoms with van der Waals surface area (Å²) in [5, 5.41) is 4.67. The van der Waals surface area contributed by atoms with Gasteiger partial charge < -0.3 is 14.3 Å². The Morgan fingerprint density at radius 2 is 2.24 bits per heavy atom. The molecule has 3 rings (SSSR count). The van der Waals surface area contributed by atoms with Crippen molar-refractivity contribution in [2.45, 2.75) is 26.3 Å². The monoisotopic (exact) mass is 283 g/mol. The maximum atomic E-state index is 6.11. The summed E-state index contributed by atoms with van der Waals surface area (Å²) >= 11 is 0. The molecule has 2 heterocycles. The zero-order chi connectivity index (χ0) is 14.8. The van der Waals surface area contributed by atoms with Gasteiger partial charge in [-0.25, -0.2) is 4.98 Å². The number of aryl methyl sites for hydroxylation is 2. The second-order valence-corrected chi connectivity index (χ2v) is 5.49. The number of imidazole rings is 1. The molecule has 1 unspecified atom stereocenters. The molecule has 0 amide bonds. The molecule has 3 aromatic rings. The van der Waals surface area contributed by atoms with Crippen LogP contribution in [0.5, 0.6) is 0 Å². The smallest absolute Gasteiger partial charge is 0.137 e. The van der Waals surface area contributed by atoms with Crippen molar-refractivity contribution in [1.29, 1.82) is 0 Å². The Morgan fingerprint density at radius 3 is 2.90 bits per heavy atom. The van der Waals surface area contributed by atoms with Crippen molar-refractivity contribution in [2.24, 2.45) is 7.05 Å². The lowest BCUT2D eigenvalue weighted by Crippen LogP contribution is -2.23. The highest BCUT2D eigenvalue weighted by atomic mass is 16.3. The van der Waals surface area contributed by atoms with Crippen LogP contribution in [0.3, 0.4) is 0 Å². The van der Waals surface area contributed by atoms with Gasteiger partial charge in [0.15, 0.2) is 0 Å². The number of aromatic nitrogens is 2. The number of furan rings is 1. The molecule has 2 aromatic heterocycles.